The van der Waals surface area contributed by atoms with Gasteiger partial charge in [0.25, 0.3) is 0 Å². The monoisotopic (exact) mass is 597 g/mol. The highest BCUT2D eigenvalue weighted by atomic mass is 79.9. The van der Waals surface area contributed by atoms with E-state index >= 15 is 0 Å². The minimum atomic E-state index is -0.930. The molecule has 0 radical (unpaired) electrons. The number of nitrogens with one attached hydrogen (secondary N) is 2. The lowest BCUT2D eigenvalue weighted by Gasteiger charge is -2.15. The van der Waals surface area contributed by atoms with Crippen LogP contribution < -0.4 is 20.2 Å². The summed E-state index contributed by atoms with van der Waals surface area (Å²) in [5.41, 5.74) is 3.97. The fraction of sp³-hybridized carbons (Fsp3) is 0.125. The highest BCUT2D eigenvalue weighted by molar-refractivity contribution is 9.10. The molecule has 0 aliphatic carbocycles. The molecule has 0 saturated carbocycles. The van der Waals surface area contributed by atoms with E-state index in [0.717, 1.165) is 5.56 Å². The molecule has 3 aromatic carbocycles. The smallest absolute Gasteiger partial charge is 0.329 e. The van der Waals surface area contributed by atoms with Crippen LogP contribution in [0.3, 0.4) is 0 Å². The summed E-state index contributed by atoms with van der Waals surface area (Å²) in [4.78, 5) is 24.0. The van der Waals surface area contributed by atoms with Gasteiger partial charge < -0.3 is 14.8 Å². The fourth-order valence-electron chi connectivity index (χ4n) is 2.79. The van der Waals surface area contributed by atoms with Crippen LogP contribution in [0.1, 0.15) is 18.1 Å². The molecule has 0 heterocycles. The molecule has 2 amide bonds. The zero-order chi connectivity index (χ0) is 25.4. The second-order valence-electron chi connectivity index (χ2n) is 6.95. The number of carbonyl (C=O) groups is 2. The molecule has 3 aromatic rings. The Morgan fingerprint density at radius 3 is 2.37 bits per heavy atom. The van der Waals surface area contributed by atoms with Gasteiger partial charge in [0.2, 0.25) is 0 Å². The lowest BCUT2D eigenvalue weighted by molar-refractivity contribution is -0.136. The van der Waals surface area contributed by atoms with Crippen molar-refractivity contribution in [3.8, 4) is 11.5 Å². The van der Waals surface area contributed by atoms with Crippen molar-refractivity contribution in [2.75, 3.05) is 11.9 Å². The SMILES string of the molecule is CCOc1cc(/C=N/NC(=O)C(=O)Nc2ccc(Cl)cc2)cc(Br)c1OCc1ccc(Cl)cc1Cl. The van der Waals surface area contributed by atoms with Crippen molar-refractivity contribution in [1.82, 2.24) is 5.43 Å². The molecule has 0 aromatic heterocycles. The summed E-state index contributed by atoms with van der Waals surface area (Å²) in [7, 11) is 0. The number of hydrogen-bond acceptors (Lipinski definition) is 5. The van der Waals surface area contributed by atoms with E-state index in [2.05, 4.69) is 31.8 Å². The van der Waals surface area contributed by atoms with Gasteiger partial charge in [-0.2, -0.15) is 5.10 Å². The molecule has 0 unspecified atom stereocenters. The van der Waals surface area contributed by atoms with Gasteiger partial charge in [-0.3, -0.25) is 9.59 Å². The predicted molar refractivity (Wildman–Crippen MR) is 142 cm³/mol. The molecule has 11 heteroatoms. The summed E-state index contributed by atoms with van der Waals surface area (Å²) in [5.74, 6) is -0.869. The van der Waals surface area contributed by atoms with Crippen LogP contribution in [0.4, 0.5) is 5.69 Å². The van der Waals surface area contributed by atoms with Crippen LogP contribution in [0.15, 0.2) is 64.2 Å². The van der Waals surface area contributed by atoms with Crippen LogP contribution in [-0.2, 0) is 16.2 Å². The number of hydrazone groups is 1. The number of amides is 2. The average Bonchev–Trinajstić information content (AvgIpc) is 2.81. The van der Waals surface area contributed by atoms with Gasteiger partial charge in [-0.25, -0.2) is 5.43 Å². The number of anilines is 1. The first-order valence-corrected chi connectivity index (χ1v) is 12.1. The minimum Gasteiger partial charge on any atom is -0.490 e. The van der Waals surface area contributed by atoms with E-state index in [9.17, 15) is 9.59 Å². The Morgan fingerprint density at radius 1 is 0.971 bits per heavy atom. The molecule has 0 saturated heterocycles. The number of hydrogen-bond donors (Lipinski definition) is 2. The fourth-order valence-corrected chi connectivity index (χ4v) is 3.95. The van der Waals surface area contributed by atoms with Crippen LogP contribution >= 0.6 is 50.7 Å². The predicted octanol–water partition coefficient (Wildman–Crippen LogP) is 6.48. The normalized spacial score (nSPS) is 10.8. The van der Waals surface area contributed by atoms with Crippen molar-refractivity contribution in [2.24, 2.45) is 5.10 Å². The Bertz CT molecular complexity index is 1250. The zero-order valence-corrected chi connectivity index (χ0v) is 22.1. The largest absolute Gasteiger partial charge is 0.490 e. The van der Waals surface area contributed by atoms with Gasteiger partial charge in [0.05, 0.1) is 17.3 Å². The summed E-state index contributed by atoms with van der Waals surface area (Å²) >= 11 is 21.5. The number of nitrogens with zero attached hydrogens (tertiary/aromatic N) is 1. The summed E-state index contributed by atoms with van der Waals surface area (Å²) in [6, 6.07) is 14.9. The molecule has 0 bridgehead atoms. The third-order valence-electron chi connectivity index (χ3n) is 4.41. The Hall–Kier alpha value is -2.78. The highest BCUT2D eigenvalue weighted by Gasteiger charge is 2.15. The number of ether oxygens (including phenoxy) is 2. The Morgan fingerprint density at radius 2 is 1.69 bits per heavy atom. The van der Waals surface area contributed by atoms with Crippen LogP contribution in [0.5, 0.6) is 11.5 Å². The molecule has 7 nitrogen and oxygen atoms in total. The number of halogens is 4. The standard InChI is InChI=1S/C24H19BrCl3N3O4/c1-2-34-21-10-14(9-19(25)22(21)35-13-15-3-4-17(27)11-20(15)28)12-29-31-24(33)23(32)30-18-7-5-16(26)6-8-18/h3-12H,2,13H2,1H3,(H,30,32)(H,31,33)/b29-12+. The Kier molecular flexibility index (Phi) is 9.80. The van der Waals surface area contributed by atoms with Crippen molar-refractivity contribution in [2.45, 2.75) is 13.5 Å². The third-order valence-corrected chi connectivity index (χ3v) is 5.83. The molecule has 0 spiro atoms. The van der Waals surface area contributed by atoms with Crippen molar-refractivity contribution in [3.63, 3.8) is 0 Å². The third kappa shape index (κ3) is 7.86. The summed E-state index contributed by atoms with van der Waals surface area (Å²) < 4.78 is 12.2. The van der Waals surface area contributed by atoms with E-state index in [-0.39, 0.29) is 6.61 Å². The first kappa shape index (κ1) is 26.8. The van der Waals surface area contributed by atoms with Gasteiger partial charge in [-0.05, 0) is 76.9 Å². The quantitative estimate of drug-likeness (QED) is 0.176. The summed E-state index contributed by atoms with van der Waals surface area (Å²) in [6.07, 6.45) is 1.38. The van der Waals surface area contributed by atoms with E-state index in [1.165, 1.54) is 6.21 Å². The van der Waals surface area contributed by atoms with Crippen molar-refractivity contribution in [3.05, 3.63) is 85.3 Å². The van der Waals surface area contributed by atoms with Gasteiger partial charge in [-0.15, -0.1) is 0 Å². The van der Waals surface area contributed by atoms with Gasteiger partial charge in [0.1, 0.15) is 6.61 Å². The summed E-state index contributed by atoms with van der Waals surface area (Å²) in [6.45, 7) is 2.43. The maximum Gasteiger partial charge on any atom is 0.329 e. The van der Waals surface area contributed by atoms with E-state index in [0.29, 0.717) is 48.9 Å². The van der Waals surface area contributed by atoms with E-state index in [1.807, 2.05) is 6.92 Å². The molecule has 3 rings (SSSR count). The van der Waals surface area contributed by atoms with E-state index < -0.39 is 11.8 Å². The minimum absolute atomic E-state index is 0.195. The molecule has 182 valence electrons. The van der Waals surface area contributed by atoms with E-state index in [4.69, 9.17) is 44.3 Å². The van der Waals surface area contributed by atoms with Crippen molar-refractivity contribution in [1.29, 1.82) is 0 Å². The molecular weight excluding hydrogens is 581 g/mol. The first-order valence-electron chi connectivity index (χ1n) is 10.2. The second kappa shape index (κ2) is 12.8. The van der Waals surface area contributed by atoms with Crippen molar-refractivity contribution < 1.29 is 19.1 Å². The van der Waals surface area contributed by atoms with Crippen LogP contribution in [-0.4, -0.2) is 24.6 Å². The first-order chi connectivity index (χ1) is 16.8. The number of benzene rings is 3. The Balaban J connectivity index is 1.66. The summed E-state index contributed by atoms with van der Waals surface area (Å²) in [5, 5.41) is 7.84. The van der Waals surface area contributed by atoms with E-state index in [1.54, 1.807) is 54.6 Å². The lowest BCUT2D eigenvalue weighted by atomic mass is 10.2. The molecule has 0 fully saturated rings. The van der Waals surface area contributed by atoms with Crippen LogP contribution in [0.25, 0.3) is 0 Å². The molecule has 0 aliphatic heterocycles. The average molecular weight is 600 g/mol. The van der Waals surface area contributed by atoms with Gasteiger partial charge in [-0.1, -0.05) is 40.9 Å². The second-order valence-corrected chi connectivity index (χ2v) is 9.08. The number of rotatable bonds is 8. The zero-order valence-electron chi connectivity index (χ0n) is 18.3. The molecule has 2 N–H and O–H groups in total. The topological polar surface area (TPSA) is 89.0 Å². The molecule has 35 heavy (non-hydrogen) atoms. The van der Waals surface area contributed by atoms with Gasteiger partial charge in [0.15, 0.2) is 11.5 Å². The maximum atomic E-state index is 12.0. The molecular formula is C24H19BrCl3N3O4. The number of carbonyl (C=O) groups excluding carboxylic acids is 2. The molecule has 0 atom stereocenters. The van der Waals surface area contributed by atoms with Crippen LogP contribution in [0.2, 0.25) is 15.1 Å². The van der Waals surface area contributed by atoms with Crippen molar-refractivity contribution >= 4 is 74.4 Å². The molecule has 0 aliphatic rings. The Labute approximate surface area is 225 Å². The maximum absolute atomic E-state index is 12.0. The highest BCUT2D eigenvalue weighted by Crippen LogP contribution is 2.37. The van der Waals surface area contributed by atoms with Gasteiger partial charge in [0, 0.05) is 26.3 Å². The lowest BCUT2D eigenvalue weighted by Crippen LogP contribution is -2.32. The van der Waals surface area contributed by atoms with Gasteiger partial charge >= 0.3 is 11.8 Å². The van der Waals surface area contributed by atoms with Crippen LogP contribution in [0, 0.1) is 0 Å².